The standard InChI is InChI=1S/C22H30N2O4S/c1-6-19-8-11-21(12-9-19)28-14-13-23-22(25)18(4)24(29(5,26)27)20-10-7-16(2)17(3)15-20/h7-12,15,18H,6,13-14H2,1-5H3,(H,23,25). The third kappa shape index (κ3) is 6.22. The van der Waals surface area contributed by atoms with Gasteiger partial charge >= 0.3 is 0 Å². The summed E-state index contributed by atoms with van der Waals surface area (Å²) in [6.07, 6.45) is 2.07. The first-order chi connectivity index (χ1) is 13.6. The third-order valence-corrected chi connectivity index (χ3v) is 6.08. The van der Waals surface area contributed by atoms with Gasteiger partial charge in [0, 0.05) is 0 Å². The Morgan fingerprint density at radius 3 is 2.31 bits per heavy atom. The summed E-state index contributed by atoms with van der Waals surface area (Å²) in [6.45, 7) is 8.11. The second-order valence-corrected chi connectivity index (χ2v) is 9.00. The van der Waals surface area contributed by atoms with Gasteiger partial charge < -0.3 is 10.1 Å². The van der Waals surface area contributed by atoms with E-state index in [4.69, 9.17) is 4.74 Å². The van der Waals surface area contributed by atoms with E-state index >= 15 is 0 Å². The zero-order valence-electron chi connectivity index (χ0n) is 17.7. The number of carbonyl (C=O) groups excluding carboxylic acids is 1. The Hall–Kier alpha value is -2.54. The molecule has 0 aliphatic carbocycles. The molecule has 1 amide bonds. The van der Waals surface area contributed by atoms with E-state index in [-0.39, 0.29) is 12.5 Å². The molecule has 0 aliphatic heterocycles. The van der Waals surface area contributed by atoms with Crippen molar-refractivity contribution in [3.05, 3.63) is 59.2 Å². The van der Waals surface area contributed by atoms with E-state index in [1.54, 1.807) is 19.1 Å². The number of amides is 1. The molecule has 0 saturated heterocycles. The molecule has 158 valence electrons. The predicted octanol–water partition coefficient (Wildman–Crippen LogP) is 3.22. The molecule has 1 atom stereocenters. The highest BCUT2D eigenvalue weighted by atomic mass is 32.2. The molecular weight excluding hydrogens is 388 g/mol. The van der Waals surface area contributed by atoms with Crippen LogP contribution in [0.25, 0.3) is 0 Å². The van der Waals surface area contributed by atoms with E-state index in [0.717, 1.165) is 33.9 Å². The van der Waals surface area contributed by atoms with Crippen molar-refractivity contribution in [2.45, 2.75) is 40.2 Å². The molecule has 29 heavy (non-hydrogen) atoms. The number of benzene rings is 2. The van der Waals surface area contributed by atoms with Gasteiger partial charge in [0.05, 0.1) is 18.5 Å². The summed E-state index contributed by atoms with van der Waals surface area (Å²) in [5.74, 6) is 0.357. The number of nitrogens with one attached hydrogen (secondary N) is 1. The average Bonchev–Trinajstić information content (AvgIpc) is 2.67. The number of nitrogens with zero attached hydrogens (tertiary/aromatic N) is 1. The molecule has 1 unspecified atom stereocenters. The molecule has 0 bridgehead atoms. The van der Waals surface area contributed by atoms with Gasteiger partial charge in [-0.3, -0.25) is 9.10 Å². The number of aryl methyl sites for hydroxylation is 3. The monoisotopic (exact) mass is 418 g/mol. The van der Waals surface area contributed by atoms with Crippen molar-refractivity contribution in [3.8, 4) is 5.75 Å². The van der Waals surface area contributed by atoms with Crippen LogP contribution in [0, 0.1) is 13.8 Å². The molecule has 0 aliphatic rings. The van der Waals surface area contributed by atoms with Crippen LogP contribution >= 0.6 is 0 Å². The molecule has 2 aromatic rings. The van der Waals surface area contributed by atoms with Crippen LogP contribution in [0.5, 0.6) is 5.75 Å². The molecule has 7 heteroatoms. The summed E-state index contributed by atoms with van der Waals surface area (Å²) in [5, 5.41) is 2.75. The molecule has 6 nitrogen and oxygen atoms in total. The maximum Gasteiger partial charge on any atom is 0.243 e. The Bertz CT molecular complexity index is 940. The van der Waals surface area contributed by atoms with Crippen LogP contribution in [-0.4, -0.2) is 39.8 Å². The van der Waals surface area contributed by atoms with E-state index in [2.05, 4.69) is 12.2 Å². The van der Waals surface area contributed by atoms with Crippen LogP contribution < -0.4 is 14.4 Å². The van der Waals surface area contributed by atoms with Gasteiger partial charge in [0.2, 0.25) is 15.9 Å². The van der Waals surface area contributed by atoms with Crippen molar-refractivity contribution >= 4 is 21.6 Å². The highest BCUT2D eigenvalue weighted by Gasteiger charge is 2.29. The Morgan fingerprint density at radius 1 is 1.10 bits per heavy atom. The number of hydrogen-bond donors (Lipinski definition) is 1. The van der Waals surface area contributed by atoms with E-state index in [9.17, 15) is 13.2 Å². The fourth-order valence-electron chi connectivity index (χ4n) is 2.98. The van der Waals surface area contributed by atoms with E-state index in [0.29, 0.717) is 12.3 Å². The molecule has 0 radical (unpaired) electrons. The molecule has 0 heterocycles. The van der Waals surface area contributed by atoms with E-state index in [1.165, 1.54) is 5.56 Å². The summed E-state index contributed by atoms with van der Waals surface area (Å²) in [4.78, 5) is 12.6. The van der Waals surface area contributed by atoms with Crippen LogP contribution in [-0.2, 0) is 21.2 Å². The number of anilines is 1. The number of sulfonamides is 1. The molecule has 1 N–H and O–H groups in total. The van der Waals surface area contributed by atoms with Crippen molar-refractivity contribution < 1.29 is 17.9 Å². The van der Waals surface area contributed by atoms with E-state index in [1.807, 2.05) is 44.2 Å². The molecule has 0 aromatic heterocycles. The predicted molar refractivity (Wildman–Crippen MR) is 117 cm³/mol. The second-order valence-electron chi connectivity index (χ2n) is 7.14. The van der Waals surface area contributed by atoms with Gasteiger partial charge in [-0.2, -0.15) is 0 Å². The first-order valence-corrected chi connectivity index (χ1v) is 11.5. The quantitative estimate of drug-likeness (QED) is 0.635. The van der Waals surface area contributed by atoms with Crippen molar-refractivity contribution in [3.63, 3.8) is 0 Å². The topological polar surface area (TPSA) is 75.7 Å². The zero-order chi connectivity index (χ0) is 21.6. The summed E-state index contributed by atoms with van der Waals surface area (Å²) < 4.78 is 31.5. The third-order valence-electron chi connectivity index (χ3n) is 4.84. The van der Waals surface area contributed by atoms with Crippen LogP contribution in [0.1, 0.15) is 30.5 Å². The van der Waals surface area contributed by atoms with Crippen molar-refractivity contribution in [1.29, 1.82) is 0 Å². The number of carbonyl (C=O) groups is 1. The fraction of sp³-hybridized carbons (Fsp3) is 0.409. The molecule has 0 fully saturated rings. The van der Waals surface area contributed by atoms with Crippen LogP contribution in [0.2, 0.25) is 0 Å². The van der Waals surface area contributed by atoms with Gasteiger partial charge in [-0.05, 0) is 68.1 Å². The second kappa shape index (κ2) is 9.78. The van der Waals surface area contributed by atoms with Crippen LogP contribution in [0.15, 0.2) is 42.5 Å². The minimum Gasteiger partial charge on any atom is -0.492 e. The van der Waals surface area contributed by atoms with Gasteiger partial charge in [0.15, 0.2) is 0 Å². The average molecular weight is 419 g/mol. The summed E-state index contributed by atoms with van der Waals surface area (Å²) in [7, 11) is -3.63. The first-order valence-electron chi connectivity index (χ1n) is 9.69. The van der Waals surface area contributed by atoms with Gasteiger partial charge in [-0.1, -0.05) is 25.1 Å². The number of ether oxygens (including phenoxy) is 1. The van der Waals surface area contributed by atoms with Crippen molar-refractivity contribution in [1.82, 2.24) is 5.32 Å². The Kier molecular flexibility index (Phi) is 7.67. The van der Waals surface area contributed by atoms with Crippen molar-refractivity contribution in [2.24, 2.45) is 0 Å². The maximum absolute atomic E-state index is 12.6. The Labute approximate surface area is 173 Å². The van der Waals surface area contributed by atoms with Gasteiger partial charge in [0.25, 0.3) is 0 Å². The first kappa shape index (κ1) is 22.7. The fourth-order valence-corrected chi connectivity index (χ4v) is 4.15. The Morgan fingerprint density at radius 2 is 1.76 bits per heavy atom. The summed E-state index contributed by atoms with van der Waals surface area (Å²) in [6, 6.07) is 12.3. The number of rotatable bonds is 9. The lowest BCUT2D eigenvalue weighted by molar-refractivity contribution is -0.121. The zero-order valence-corrected chi connectivity index (χ0v) is 18.5. The largest absolute Gasteiger partial charge is 0.492 e. The van der Waals surface area contributed by atoms with Gasteiger partial charge in [-0.15, -0.1) is 0 Å². The maximum atomic E-state index is 12.6. The van der Waals surface area contributed by atoms with Crippen molar-refractivity contribution in [2.75, 3.05) is 23.7 Å². The Balaban J connectivity index is 1.98. The summed E-state index contributed by atoms with van der Waals surface area (Å²) >= 11 is 0. The molecular formula is C22H30N2O4S. The van der Waals surface area contributed by atoms with Crippen LogP contribution in [0.3, 0.4) is 0 Å². The highest BCUT2D eigenvalue weighted by Crippen LogP contribution is 2.23. The minimum atomic E-state index is -3.63. The lowest BCUT2D eigenvalue weighted by Gasteiger charge is -2.28. The van der Waals surface area contributed by atoms with E-state index < -0.39 is 16.1 Å². The normalized spacial score (nSPS) is 12.3. The lowest BCUT2D eigenvalue weighted by atomic mass is 10.1. The molecule has 2 aromatic carbocycles. The number of hydrogen-bond acceptors (Lipinski definition) is 4. The minimum absolute atomic E-state index is 0.281. The molecule has 0 spiro atoms. The van der Waals surface area contributed by atoms with Crippen LogP contribution in [0.4, 0.5) is 5.69 Å². The SMILES string of the molecule is CCc1ccc(OCCNC(=O)C(C)N(c2ccc(C)c(C)c2)S(C)(=O)=O)cc1. The van der Waals surface area contributed by atoms with Gasteiger partial charge in [-0.25, -0.2) is 8.42 Å². The smallest absolute Gasteiger partial charge is 0.243 e. The summed E-state index contributed by atoms with van der Waals surface area (Å²) in [5.41, 5.74) is 3.73. The highest BCUT2D eigenvalue weighted by molar-refractivity contribution is 7.92. The molecule has 2 rings (SSSR count). The van der Waals surface area contributed by atoms with Gasteiger partial charge in [0.1, 0.15) is 18.4 Å². The molecule has 0 saturated carbocycles. The lowest BCUT2D eigenvalue weighted by Crippen LogP contribution is -2.48.